The van der Waals surface area contributed by atoms with Crippen LogP contribution in [0.25, 0.3) is 0 Å². The lowest BCUT2D eigenvalue weighted by Gasteiger charge is -2.31. The van der Waals surface area contributed by atoms with E-state index in [4.69, 9.17) is 0 Å². The third-order valence-electron chi connectivity index (χ3n) is 4.28. The zero-order valence-corrected chi connectivity index (χ0v) is 14.9. The van der Waals surface area contributed by atoms with Crippen LogP contribution in [0.2, 0.25) is 0 Å². The third-order valence-corrected chi connectivity index (χ3v) is 4.28. The van der Waals surface area contributed by atoms with E-state index in [0.29, 0.717) is 24.2 Å². The minimum absolute atomic E-state index is 0.120. The number of rotatable bonds is 5. The van der Waals surface area contributed by atoms with Gasteiger partial charge >= 0.3 is 6.18 Å². The van der Waals surface area contributed by atoms with Gasteiger partial charge in [0, 0.05) is 23.2 Å². The van der Waals surface area contributed by atoms with E-state index < -0.39 is 12.7 Å². The van der Waals surface area contributed by atoms with Gasteiger partial charge in [0.05, 0.1) is 6.54 Å². The second-order valence-corrected chi connectivity index (χ2v) is 6.88. The van der Waals surface area contributed by atoms with Gasteiger partial charge in [-0.05, 0) is 44.1 Å². The molecule has 2 N–H and O–H groups in total. The highest BCUT2D eigenvalue weighted by molar-refractivity contribution is 5.95. The minimum Gasteiger partial charge on any atom is -0.326 e. The number of carbonyl (C=O) groups is 2. The normalized spacial score (nSPS) is 16.5. The van der Waals surface area contributed by atoms with Gasteiger partial charge in [-0.15, -0.1) is 0 Å². The number of hydrogen-bond donors (Lipinski definition) is 2. The molecule has 1 saturated heterocycles. The second kappa shape index (κ2) is 8.53. The molecule has 0 bridgehead atoms. The number of likely N-dealkylation sites (tertiary alicyclic amines) is 1. The van der Waals surface area contributed by atoms with Gasteiger partial charge in [0.15, 0.2) is 0 Å². The van der Waals surface area contributed by atoms with Gasteiger partial charge in [-0.3, -0.25) is 14.5 Å². The van der Waals surface area contributed by atoms with E-state index in [1.54, 1.807) is 38.1 Å². The van der Waals surface area contributed by atoms with E-state index in [1.807, 2.05) is 0 Å². The van der Waals surface area contributed by atoms with Gasteiger partial charge in [0.2, 0.25) is 11.8 Å². The molecule has 1 heterocycles. The topological polar surface area (TPSA) is 61.4 Å². The first-order chi connectivity index (χ1) is 12.1. The molecule has 0 aliphatic carbocycles. The molecule has 0 aromatic heterocycles. The Morgan fingerprint density at radius 1 is 1.15 bits per heavy atom. The van der Waals surface area contributed by atoms with Crippen molar-refractivity contribution in [2.45, 2.75) is 32.9 Å². The average molecular weight is 371 g/mol. The fourth-order valence-corrected chi connectivity index (χ4v) is 2.81. The van der Waals surface area contributed by atoms with E-state index >= 15 is 0 Å². The van der Waals surface area contributed by atoms with Crippen LogP contribution in [0.3, 0.4) is 0 Å². The molecule has 0 unspecified atom stereocenters. The Kier molecular flexibility index (Phi) is 6.63. The summed E-state index contributed by atoms with van der Waals surface area (Å²) in [7, 11) is 0. The maximum Gasteiger partial charge on any atom is 0.401 e. The van der Waals surface area contributed by atoms with Crippen LogP contribution < -0.4 is 10.6 Å². The Balaban J connectivity index is 1.87. The van der Waals surface area contributed by atoms with Gasteiger partial charge in [-0.1, -0.05) is 19.9 Å². The Bertz CT molecular complexity index is 639. The van der Waals surface area contributed by atoms with Gasteiger partial charge in [0.1, 0.15) is 0 Å². The van der Waals surface area contributed by atoms with E-state index in [-0.39, 0.29) is 36.7 Å². The number of anilines is 2. The first kappa shape index (κ1) is 20.2. The lowest BCUT2D eigenvalue weighted by atomic mass is 9.96. The van der Waals surface area contributed by atoms with Crippen molar-refractivity contribution in [2.24, 2.45) is 11.8 Å². The molecule has 2 rings (SSSR count). The molecule has 1 aliphatic rings. The smallest absolute Gasteiger partial charge is 0.326 e. The minimum atomic E-state index is -4.21. The van der Waals surface area contributed by atoms with E-state index in [9.17, 15) is 22.8 Å². The highest BCUT2D eigenvalue weighted by Crippen LogP contribution is 2.24. The van der Waals surface area contributed by atoms with Crippen molar-refractivity contribution >= 4 is 23.2 Å². The molecule has 26 heavy (non-hydrogen) atoms. The Labute approximate surface area is 150 Å². The number of halogens is 3. The number of benzene rings is 1. The van der Waals surface area contributed by atoms with Gasteiger partial charge in [0.25, 0.3) is 0 Å². The summed E-state index contributed by atoms with van der Waals surface area (Å²) in [6.07, 6.45) is -3.42. The Morgan fingerprint density at radius 3 is 2.27 bits per heavy atom. The lowest BCUT2D eigenvalue weighted by molar-refractivity contribution is -0.149. The van der Waals surface area contributed by atoms with E-state index in [1.165, 1.54) is 4.90 Å². The van der Waals surface area contributed by atoms with Crippen molar-refractivity contribution < 1.29 is 22.8 Å². The van der Waals surface area contributed by atoms with Crippen LogP contribution in [0, 0.1) is 11.8 Å². The summed E-state index contributed by atoms with van der Waals surface area (Å²) >= 11 is 0. The average Bonchev–Trinajstić information content (AvgIpc) is 2.54. The fraction of sp³-hybridized carbons (Fsp3) is 0.556. The molecule has 0 spiro atoms. The highest BCUT2D eigenvalue weighted by atomic mass is 19.4. The molecule has 1 fully saturated rings. The Hall–Kier alpha value is -2.09. The highest BCUT2D eigenvalue weighted by Gasteiger charge is 2.33. The summed E-state index contributed by atoms with van der Waals surface area (Å²) in [4.78, 5) is 25.4. The first-order valence-corrected chi connectivity index (χ1v) is 8.65. The van der Waals surface area contributed by atoms with Crippen molar-refractivity contribution in [3.8, 4) is 0 Å². The summed E-state index contributed by atoms with van der Waals surface area (Å²) in [6.45, 7) is 3.14. The van der Waals surface area contributed by atoms with Crippen LogP contribution in [-0.2, 0) is 9.59 Å². The third kappa shape index (κ3) is 6.33. The van der Waals surface area contributed by atoms with Crippen molar-refractivity contribution in [1.29, 1.82) is 0 Å². The summed E-state index contributed by atoms with van der Waals surface area (Å²) in [5.74, 6) is -0.793. The zero-order valence-electron chi connectivity index (χ0n) is 14.9. The number of nitrogens with one attached hydrogen (secondary N) is 2. The molecule has 1 aromatic rings. The fourth-order valence-electron chi connectivity index (χ4n) is 2.81. The molecular formula is C18H24F3N3O2. The van der Waals surface area contributed by atoms with Crippen LogP contribution in [0.1, 0.15) is 26.7 Å². The number of hydrogen-bond acceptors (Lipinski definition) is 3. The molecule has 5 nitrogen and oxygen atoms in total. The van der Waals surface area contributed by atoms with Crippen LogP contribution in [-0.4, -0.2) is 42.5 Å². The molecule has 0 saturated carbocycles. The lowest BCUT2D eigenvalue weighted by Crippen LogP contribution is -2.42. The summed E-state index contributed by atoms with van der Waals surface area (Å²) < 4.78 is 37.2. The second-order valence-electron chi connectivity index (χ2n) is 6.88. The monoisotopic (exact) mass is 371 g/mol. The van der Waals surface area contributed by atoms with Crippen LogP contribution >= 0.6 is 0 Å². The molecular weight excluding hydrogens is 347 g/mol. The number of carbonyl (C=O) groups excluding carboxylic acids is 2. The van der Waals surface area contributed by atoms with Crippen LogP contribution in [0.4, 0.5) is 24.5 Å². The van der Waals surface area contributed by atoms with Crippen molar-refractivity contribution in [2.75, 3.05) is 30.3 Å². The maximum atomic E-state index is 12.4. The molecule has 0 atom stereocenters. The standard InChI is InChI=1S/C18H24F3N3O2/c1-12(2)16(25)22-14-4-3-5-15(10-14)23-17(26)13-6-8-24(9-7-13)11-18(19,20)21/h3-5,10,12-13H,6-9,11H2,1-2H3,(H,22,25)(H,23,26). The van der Waals surface area contributed by atoms with Crippen molar-refractivity contribution in [3.05, 3.63) is 24.3 Å². The number of nitrogens with zero attached hydrogens (tertiary/aromatic N) is 1. The molecule has 1 aromatic carbocycles. The van der Waals surface area contributed by atoms with Gasteiger partial charge in [-0.25, -0.2) is 0 Å². The predicted octanol–water partition coefficient (Wildman–Crippen LogP) is 3.49. The van der Waals surface area contributed by atoms with Gasteiger partial charge in [-0.2, -0.15) is 13.2 Å². The quantitative estimate of drug-likeness (QED) is 0.833. The number of piperidine rings is 1. The van der Waals surface area contributed by atoms with Crippen molar-refractivity contribution in [3.63, 3.8) is 0 Å². The Morgan fingerprint density at radius 2 is 1.73 bits per heavy atom. The SMILES string of the molecule is CC(C)C(=O)Nc1cccc(NC(=O)C2CCN(CC(F)(F)F)CC2)c1. The van der Waals surface area contributed by atoms with Crippen LogP contribution in [0.5, 0.6) is 0 Å². The first-order valence-electron chi connectivity index (χ1n) is 8.65. The summed E-state index contributed by atoms with van der Waals surface area (Å²) in [5.41, 5.74) is 1.13. The molecule has 2 amide bonds. The van der Waals surface area contributed by atoms with Crippen molar-refractivity contribution in [1.82, 2.24) is 4.90 Å². The molecule has 0 radical (unpaired) electrons. The van der Waals surface area contributed by atoms with E-state index in [0.717, 1.165) is 0 Å². The van der Waals surface area contributed by atoms with Crippen LogP contribution in [0.15, 0.2) is 24.3 Å². The molecule has 144 valence electrons. The zero-order chi connectivity index (χ0) is 19.3. The molecule has 1 aliphatic heterocycles. The van der Waals surface area contributed by atoms with Gasteiger partial charge < -0.3 is 10.6 Å². The molecule has 8 heteroatoms. The summed E-state index contributed by atoms with van der Waals surface area (Å²) in [6, 6.07) is 6.82. The summed E-state index contributed by atoms with van der Waals surface area (Å²) in [5, 5.41) is 5.55. The number of amides is 2. The largest absolute Gasteiger partial charge is 0.401 e. The predicted molar refractivity (Wildman–Crippen MR) is 93.8 cm³/mol. The van der Waals surface area contributed by atoms with E-state index in [2.05, 4.69) is 10.6 Å². The maximum absolute atomic E-state index is 12.4. The number of alkyl halides is 3.